The number of hydrogen-bond acceptors (Lipinski definition) is 4. The molecule has 0 radical (unpaired) electrons. The second-order valence-electron chi connectivity index (χ2n) is 4.94. The number of ether oxygens (including phenoxy) is 2. The Hall–Kier alpha value is -1.04. The Kier molecular flexibility index (Phi) is 6.50. The van der Waals surface area contributed by atoms with Gasteiger partial charge in [0.15, 0.2) is 11.5 Å². The van der Waals surface area contributed by atoms with Crippen LogP contribution in [0.1, 0.15) is 18.5 Å². The van der Waals surface area contributed by atoms with E-state index in [4.69, 9.17) is 21.1 Å². The summed E-state index contributed by atoms with van der Waals surface area (Å²) < 4.78 is 11.9. The van der Waals surface area contributed by atoms with Gasteiger partial charge < -0.3 is 14.8 Å². The van der Waals surface area contributed by atoms with Gasteiger partial charge in [-0.05, 0) is 37.4 Å². The van der Waals surface area contributed by atoms with Crippen molar-refractivity contribution in [2.75, 3.05) is 25.8 Å². The topological polar surface area (TPSA) is 30.5 Å². The summed E-state index contributed by atoms with van der Waals surface area (Å²) in [5.74, 6) is 1.32. The molecule has 0 fully saturated rings. The van der Waals surface area contributed by atoms with Crippen LogP contribution in [-0.4, -0.2) is 20.5 Å². The Morgan fingerprint density at radius 2 is 1.91 bits per heavy atom. The van der Waals surface area contributed by atoms with Crippen molar-refractivity contribution in [3.63, 3.8) is 0 Å². The highest BCUT2D eigenvalue weighted by Crippen LogP contribution is 2.40. The van der Waals surface area contributed by atoms with Crippen LogP contribution in [0, 0.1) is 0 Å². The maximum atomic E-state index is 6.21. The number of hydrogen-bond donors (Lipinski definition) is 1. The van der Waals surface area contributed by atoms with E-state index in [0.29, 0.717) is 16.5 Å². The van der Waals surface area contributed by atoms with E-state index in [2.05, 4.69) is 46.6 Å². The molecule has 2 rings (SSSR count). The minimum atomic E-state index is -0.00208. The van der Waals surface area contributed by atoms with Crippen molar-refractivity contribution in [2.24, 2.45) is 0 Å². The molecule has 23 heavy (non-hydrogen) atoms. The van der Waals surface area contributed by atoms with E-state index >= 15 is 0 Å². The molecule has 0 aliphatic rings. The van der Waals surface area contributed by atoms with Crippen molar-refractivity contribution < 1.29 is 9.47 Å². The molecule has 2 aromatic rings. The van der Waals surface area contributed by atoms with Gasteiger partial charge in [-0.1, -0.05) is 27.5 Å². The summed E-state index contributed by atoms with van der Waals surface area (Å²) in [5, 5.41) is 4.14. The van der Waals surface area contributed by atoms with Crippen LogP contribution in [0.2, 0.25) is 5.02 Å². The number of methoxy groups -OCH3 is 2. The monoisotopic (exact) mass is 415 g/mol. The summed E-state index contributed by atoms with van der Waals surface area (Å²) in [5.41, 5.74) is 2.00. The van der Waals surface area contributed by atoms with E-state index in [1.807, 2.05) is 12.1 Å². The first-order valence-electron chi connectivity index (χ1n) is 7.01. The third-order valence-electron chi connectivity index (χ3n) is 3.47. The van der Waals surface area contributed by atoms with E-state index in [9.17, 15) is 0 Å². The van der Waals surface area contributed by atoms with Crippen molar-refractivity contribution in [1.29, 1.82) is 0 Å². The van der Waals surface area contributed by atoms with E-state index in [1.54, 1.807) is 32.0 Å². The molecule has 0 heterocycles. The molecule has 0 aliphatic carbocycles. The number of nitrogens with one attached hydrogen (secondary N) is 1. The second kappa shape index (κ2) is 8.18. The van der Waals surface area contributed by atoms with Crippen LogP contribution in [0.15, 0.2) is 39.7 Å². The van der Waals surface area contributed by atoms with E-state index in [0.717, 1.165) is 15.7 Å². The molecule has 124 valence electrons. The quantitative estimate of drug-likeness (QED) is 0.584. The third-order valence-corrected chi connectivity index (χ3v) is 4.98. The second-order valence-corrected chi connectivity index (χ2v) is 7.14. The zero-order valence-electron chi connectivity index (χ0n) is 13.4. The smallest absolute Gasteiger partial charge is 0.166 e. The zero-order chi connectivity index (χ0) is 17.0. The predicted molar refractivity (Wildman–Crippen MR) is 103 cm³/mol. The van der Waals surface area contributed by atoms with E-state index in [-0.39, 0.29) is 6.04 Å². The van der Waals surface area contributed by atoms with E-state index in [1.165, 1.54) is 4.90 Å². The Balaban J connectivity index is 2.40. The first kappa shape index (κ1) is 18.3. The molecule has 0 aromatic heterocycles. The summed E-state index contributed by atoms with van der Waals surface area (Å²) in [6, 6.07) is 9.83. The highest BCUT2D eigenvalue weighted by atomic mass is 79.9. The van der Waals surface area contributed by atoms with Crippen molar-refractivity contribution >= 4 is 45.0 Å². The van der Waals surface area contributed by atoms with Crippen LogP contribution in [0.3, 0.4) is 0 Å². The average Bonchev–Trinajstić information content (AvgIpc) is 2.54. The SMILES string of the molecule is COc1cc(Cl)cc(C(C)Nc2cc(Br)ccc2SC)c1OC. The lowest BCUT2D eigenvalue weighted by Crippen LogP contribution is -2.09. The van der Waals surface area contributed by atoms with Gasteiger partial charge in [-0.3, -0.25) is 0 Å². The number of thioether (sulfide) groups is 1. The standard InChI is InChI=1S/C17H19BrClNO2S/c1-10(20-14-7-11(18)5-6-16(14)23-4)13-8-12(19)9-15(21-2)17(13)22-3/h5-10,20H,1-4H3. The predicted octanol–water partition coefficient (Wildman–Crippen LogP) is 6.01. The lowest BCUT2D eigenvalue weighted by atomic mass is 10.1. The molecule has 0 amide bonds. The number of halogens is 2. The van der Waals surface area contributed by atoms with Gasteiger partial charge in [0.2, 0.25) is 0 Å². The lowest BCUT2D eigenvalue weighted by molar-refractivity contribution is 0.350. The maximum absolute atomic E-state index is 6.21. The summed E-state index contributed by atoms with van der Waals surface area (Å²) in [6.45, 7) is 2.07. The maximum Gasteiger partial charge on any atom is 0.166 e. The fraction of sp³-hybridized carbons (Fsp3) is 0.294. The lowest BCUT2D eigenvalue weighted by Gasteiger charge is -2.22. The largest absolute Gasteiger partial charge is 0.493 e. The van der Waals surface area contributed by atoms with Gasteiger partial charge in [0.05, 0.1) is 20.3 Å². The summed E-state index contributed by atoms with van der Waals surface area (Å²) >= 11 is 11.4. The van der Waals surface area contributed by atoms with Crippen molar-refractivity contribution in [2.45, 2.75) is 17.9 Å². The fourth-order valence-corrected chi connectivity index (χ4v) is 3.50. The van der Waals surface area contributed by atoms with Crippen LogP contribution in [0.25, 0.3) is 0 Å². The van der Waals surface area contributed by atoms with Crippen molar-refractivity contribution in [3.8, 4) is 11.5 Å². The minimum Gasteiger partial charge on any atom is -0.493 e. The average molecular weight is 417 g/mol. The van der Waals surface area contributed by atoms with Gasteiger partial charge in [-0.2, -0.15) is 0 Å². The molecular formula is C17H19BrClNO2S. The fourth-order valence-electron chi connectivity index (χ4n) is 2.38. The molecule has 0 saturated heterocycles. The molecule has 1 unspecified atom stereocenters. The minimum absolute atomic E-state index is 0.00208. The molecule has 0 aliphatic heterocycles. The van der Waals surface area contributed by atoms with Crippen molar-refractivity contribution in [1.82, 2.24) is 0 Å². The first-order valence-corrected chi connectivity index (χ1v) is 9.41. The van der Waals surface area contributed by atoms with Crippen LogP contribution >= 0.6 is 39.3 Å². The Morgan fingerprint density at radius 3 is 2.52 bits per heavy atom. The number of rotatable bonds is 6. The van der Waals surface area contributed by atoms with Gasteiger partial charge in [-0.15, -0.1) is 11.8 Å². The summed E-state index contributed by atoms with van der Waals surface area (Å²) in [4.78, 5) is 1.17. The zero-order valence-corrected chi connectivity index (χ0v) is 16.6. The van der Waals surface area contributed by atoms with Gasteiger partial charge >= 0.3 is 0 Å². The number of benzene rings is 2. The van der Waals surface area contributed by atoms with Gasteiger partial charge in [0, 0.05) is 31.7 Å². The molecular weight excluding hydrogens is 398 g/mol. The van der Waals surface area contributed by atoms with Crippen LogP contribution in [-0.2, 0) is 0 Å². The molecule has 0 bridgehead atoms. The molecule has 1 N–H and O–H groups in total. The molecule has 1 atom stereocenters. The summed E-state index contributed by atoms with van der Waals surface area (Å²) in [6.07, 6.45) is 2.06. The molecule has 0 saturated carbocycles. The Morgan fingerprint density at radius 1 is 1.17 bits per heavy atom. The van der Waals surface area contributed by atoms with Gasteiger partial charge in [0.1, 0.15) is 0 Å². The molecule has 2 aromatic carbocycles. The van der Waals surface area contributed by atoms with Gasteiger partial charge in [-0.25, -0.2) is 0 Å². The highest BCUT2D eigenvalue weighted by Gasteiger charge is 2.18. The van der Waals surface area contributed by atoms with Crippen LogP contribution in [0.5, 0.6) is 11.5 Å². The highest BCUT2D eigenvalue weighted by molar-refractivity contribution is 9.10. The normalized spacial score (nSPS) is 11.9. The summed E-state index contributed by atoms with van der Waals surface area (Å²) in [7, 11) is 3.24. The van der Waals surface area contributed by atoms with Crippen LogP contribution in [0.4, 0.5) is 5.69 Å². The first-order chi connectivity index (χ1) is 11.0. The van der Waals surface area contributed by atoms with Crippen LogP contribution < -0.4 is 14.8 Å². The number of anilines is 1. The Bertz CT molecular complexity index is 697. The molecule has 3 nitrogen and oxygen atoms in total. The molecule has 6 heteroatoms. The van der Waals surface area contributed by atoms with Crippen molar-refractivity contribution in [3.05, 3.63) is 45.4 Å². The third kappa shape index (κ3) is 4.28. The Labute approximate surface area is 154 Å². The molecule has 0 spiro atoms. The van der Waals surface area contributed by atoms with Gasteiger partial charge in [0.25, 0.3) is 0 Å². The van der Waals surface area contributed by atoms with E-state index < -0.39 is 0 Å².